The van der Waals surface area contributed by atoms with Crippen LogP contribution in [-0.4, -0.2) is 57.8 Å². The molecule has 2 amide bonds. The molecule has 3 rings (SSSR count). The van der Waals surface area contributed by atoms with Crippen LogP contribution in [0.5, 0.6) is 0 Å². The van der Waals surface area contributed by atoms with Crippen molar-refractivity contribution in [2.24, 2.45) is 5.92 Å². The zero-order chi connectivity index (χ0) is 17.8. The molecule has 1 saturated heterocycles. The van der Waals surface area contributed by atoms with E-state index in [0.29, 0.717) is 24.1 Å². The van der Waals surface area contributed by atoms with E-state index in [2.05, 4.69) is 9.97 Å². The van der Waals surface area contributed by atoms with E-state index < -0.39 is 0 Å². The predicted octanol–water partition coefficient (Wildman–Crippen LogP) is 2.29. The predicted molar refractivity (Wildman–Crippen MR) is 95.1 cm³/mol. The quantitative estimate of drug-likeness (QED) is 0.840. The van der Waals surface area contributed by atoms with Crippen molar-refractivity contribution in [1.82, 2.24) is 19.8 Å². The van der Waals surface area contributed by atoms with Gasteiger partial charge in [-0.25, -0.2) is 4.98 Å². The summed E-state index contributed by atoms with van der Waals surface area (Å²) in [6, 6.07) is 0.316. The molecule has 1 atom stereocenters. The number of carbonyl (C=O) groups excluding carboxylic acids is 2. The van der Waals surface area contributed by atoms with Gasteiger partial charge in [-0.15, -0.1) is 0 Å². The zero-order valence-corrected chi connectivity index (χ0v) is 15.3. The fourth-order valence-electron chi connectivity index (χ4n) is 4.05. The van der Waals surface area contributed by atoms with Crippen LogP contribution in [0.1, 0.15) is 61.6 Å². The van der Waals surface area contributed by atoms with Crippen molar-refractivity contribution in [2.45, 2.75) is 57.9 Å². The Kier molecular flexibility index (Phi) is 5.66. The van der Waals surface area contributed by atoms with E-state index in [9.17, 15) is 9.59 Å². The largest absolute Gasteiger partial charge is 0.343 e. The number of likely N-dealkylation sites (tertiary alicyclic amines) is 1. The maximum atomic E-state index is 13.0. The minimum Gasteiger partial charge on any atom is -0.343 e. The fraction of sp³-hybridized carbons (Fsp3) is 0.684. The molecule has 6 nitrogen and oxygen atoms in total. The van der Waals surface area contributed by atoms with Gasteiger partial charge in [0.25, 0.3) is 5.91 Å². The third-order valence-corrected chi connectivity index (χ3v) is 5.63. The second-order valence-corrected chi connectivity index (χ2v) is 7.38. The Labute approximate surface area is 149 Å². The smallest absolute Gasteiger partial charge is 0.274 e. The van der Waals surface area contributed by atoms with Crippen LogP contribution < -0.4 is 0 Å². The summed E-state index contributed by atoms with van der Waals surface area (Å²) < 4.78 is 0. The third kappa shape index (κ3) is 4.17. The van der Waals surface area contributed by atoms with Crippen molar-refractivity contribution in [3.8, 4) is 0 Å². The number of carbonyl (C=O) groups is 2. The van der Waals surface area contributed by atoms with Crippen LogP contribution in [-0.2, 0) is 11.2 Å². The molecule has 2 fully saturated rings. The first kappa shape index (κ1) is 17.8. The van der Waals surface area contributed by atoms with Gasteiger partial charge in [-0.1, -0.05) is 19.3 Å². The van der Waals surface area contributed by atoms with Crippen LogP contribution in [0.3, 0.4) is 0 Å². The Morgan fingerprint density at radius 3 is 2.56 bits per heavy atom. The third-order valence-electron chi connectivity index (χ3n) is 5.63. The van der Waals surface area contributed by atoms with Crippen LogP contribution in [0.4, 0.5) is 0 Å². The van der Waals surface area contributed by atoms with Gasteiger partial charge in [0.2, 0.25) is 5.91 Å². The molecule has 1 aliphatic carbocycles. The lowest BCUT2D eigenvalue weighted by molar-refractivity contribution is -0.127. The van der Waals surface area contributed by atoms with E-state index in [1.165, 1.54) is 19.3 Å². The standard InChI is InChI=1S/C19H28N4O2/c1-14(24)23-11-8-15(13-23)12-17-18(21-10-9-20-17)19(25)22(2)16-6-4-3-5-7-16/h9-10,15-16H,3-8,11-13H2,1-2H3/t15-/m0/s1. The summed E-state index contributed by atoms with van der Waals surface area (Å²) in [6.07, 6.45) is 10.7. The first-order valence-corrected chi connectivity index (χ1v) is 9.39. The van der Waals surface area contributed by atoms with Crippen LogP contribution >= 0.6 is 0 Å². The van der Waals surface area contributed by atoms with Gasteiger partial charge in [-0.05, 0) is 31.6 Å². The fourth-order valence-corrected chi connectivity index (χ4v) is 4.05. The van der Waals surface area contributed by atoms with E-state index in [-0.39, 0.29) is 11.8 Å². The number of nitrogens with zero attached hydrogens (tertiary/aromatic N) is 4. The normalized spacial score (nSPS) is 21.4. The Hall–Kier alpha value is -1.98. The molecule has 25 heavy (non-hydrogen) atoms. The molecule has 1 aliphatic heterocycles. The summed E-state index contributed by atoms with van der Waals surface area (Å²) in [5.74, 6) is 0.457. The number of hydrogen-bond donors (Lipinski definition) is 0. The molecule has 1 aromatic heterocycles. The summed E-state index contributed by atoms with van der Waals surface area (Å²) in [7, 11) is 1.89. The molecular formula is C19H28N4O2. The summed E-state index contributed by atoms with van der Waals surface area (Å²) in [5, 5.41) is 0. The average molecular weight is 344 g/mol. The van der Waals surface area contributed by atoms with Gasteiger partial charge < -0.3 is 9.80 Å². The first-order chi connectivity index (χ1) is 12.1. The van der Waals surface area contributed by atoms with Crippen molar-refractivity contribution >= 4 is 11.8 Å². The second kappa shape index (κ2) is 7.93. The number of hydrogen-bond acceptors (Lipinski definition) is 4. The molecular weight excluding hydrogens is 316 g/mol. The lowest BCUT2D eigenvalue weighted by Crippen LogP contribution is -2.39. The number of aromatic nitrogens is 2. The highest BCUT2D eigenvalue weighted by Gasteiger charge is 2.29. The second-order valence-electron chi connectivity index (χ2n) is 7.38. The maximum absolute atomic E-state index is 13.0. The zero-order valence-electron chi connectivity index (χ0n) is 15.3. The monoisotopic (exact) mass is 344 g/mol. The molecule has 0 radical (unpaired) electrons. The van der Waals surface area contributed by atoms with Crippen LogP contribution in [0.15, 0.2) is 12.4 Å². The molecule has 0 N–H and O–H groups in total. The highest BCUT2D eigenvalue weighted by molar-refractivity contribution is 5.93. The van der Waals surface area contributed by atoms with Gasteiger partial charge in [0, 0.05) is 45.5 Å². The van der Waals surface area contributed by atoms with E-state index in [4.69, 9.17) is 0 Å². The van der Waals surface area contributed by atoms with E-state index in [1.807, 2.05) is 16.8 Å². The van der Waals surface area contributed by atoms with Crippen LogP contribution in [0, 0.1) is 5.92 Å². The van der Waals surface area contributed by atoms with Gasteiger partial charge in [0.05, 0.1) is 5.69 Å². The summed E-state index contributed by atoms with van der Waals surface area (Å²) in [5.41, 5.74) is 1.25. The Morgan fingerprint density at radius 1 is 1.16 bits per heavy atom. The molecule has 6 heteroatoms. The summed E-state index contributed by atoms with van der Waals surface area (Å²) in [6.45, 7) is 3.16. The minimum absolute atomic E-state index is 0.0172. The topological polar surface area (TPSA) is 66.4 Å². The van der Waals surface area contributed by atoms with Gasteiger partial charge in [0.15, 0.2) is 0 Å². The SMILES string of the molecule is CC(=O)N1CC[C@@H](Cc2nccnc2C(=O)N(C)C2CCCCC2)C1. The molecule has 2 heterocycles. The summed E-state index contributed by atoms with van der Waals surface area (Å²) >= 11 is 0. The van der Waals surface area contributed by atoms with Crippen LogP contribution in [0.2, 0.25) is 0 Å². The Bertz CT molecular complexity index is 628. The van der Waals surface area contributed by atoms with E-state index in [1.54, 1.807) is 19.3 Å². The van der Waals surface area contributed by atoms with Crippen molar-refractivity contribution in [3.05, 3.63) is 23.8 Å². The van der Waals surface area contributed by atoms with E-state index >= 15 is 0 Å². The molecule has 0 bridgehead atoms. The van der Waals surface area contributed by atoms with Gasteiger partial charge in [0.1, 0.15) is 5.69 Å². The first-order valence-electron chi connectivity index (χ1n) is 9.39. The van der Waals surface area contributed by atoms with Crippen molar-refractivity contribution in [3.63, 3.8) is 0 Å². The Balaban J connectivity index is 1.70. The molecule has 0 aromatic carbocycles. The minimum atomic E-state index is -0.0172. The molecule has 1 saturated carbocycles. The highest BCUT2D eigenvalue weighted by atomic mass is 16.2. The van der Waals surface area contributed by atoms with Gasteiger partial charge in [-0.3, -0.25) is 14.6 Å². The maximum Gasteiger partial charge on any atom is 0.274 e. The molecule has 0 unspecified atom stereocenters. The highest BCUT2D eigenvalue weighted by Crippen LogP contribution is 2.25. The van der Waals surface area contributed by atoms with Crippen molar-refractivity contribution in [1.29, 1.82) is 0 Å². The summed E-state index contributed by atoms with van der Waals surface area (Å²) in [4.78, 5) is 37.0. The number of amides is 2. The van der Waals surface area contributed by atoms with Gasteiger partial charge in [-0.2, -0.15) is 0 Å². The molecule has 1 aromatic rings. The molecule has 136 valence electrons. The molecule has 2 aliphatic rings. The Morgan fingerprint density at radius 2 is 1.88 bits per heavy atom. The average Bonchev–Trinajstić information content (AvgIpc) is 3.10. The lowest BCUT2D eigenvalue weighted by atomic mass is 9.94. The van der Waals surface area contributed by atoms with Gasteiger partial charge >= 0.3 is 0 Å². The molecule has 0 spiro atoms. The van der Waals surface area contributed by atoms with E-state index in [0.717, 1.165) is 38.0 Å². The lowest BCUT2D eigenvalue weighted by Gasteiger charge is -2.31. The van der Waals surface area contributed by atoms with Crippen LogP contribution in [0.25, 0.3) is 0 Å². The van der Waals surface area contributed by atoms with Crippen molar-refractivity contribution < 1.29 is 9.59 Å². The number of rotatable bonds is 4. The van der Waals surface area contributed by atoms with Crippen molar-refractivity contribution in [2.75, 3.05) is 20.1 Å².